The zero-order valence-electron chi connectivity index (χ0n) is 17.1. The number of aryl methyl sites for hydroxylation is 1. The van der Waals surface area contributed by atoms with E-state index in [1.807, 2.05) is 43.3 Å². The Kier molecular flexibility index (Phi) is 5.81. The van der Waals surface area contributed by atoms with Gasteiger partial charge in [-0.2, -0.15) is 5.26 Å². The van der Waals surface area contributed by atoms with Crippen molar-refractivity contribution in [1.82, 2.24) is 4.57 Å². The van der Waals surface area contributed by atoms with Crippen molar-refractivity contribution >= 4 is 38.4 Å². The lowest BCUT2D eigenvalue weighted by Gasteiger charge is -2.13. The molecule has 0 unspecified atom stereocenters. The van der Waals surface area contributed by atoms with Crippen LogP contribution >= 0.6 is 11.8 Å². The van der Waals surface area contributed by atoms with Gasteiger partial charge in [0.2, 0.25) is 0 Å². The number of aromatic nitrogens is 1. The van der Waals surface area contributed by atoms with Gasteiger partial charge in [-0.05, 0) is 48.6 Å². The molecular formula is C23H21N3O3S2. The van der Waals surface area contributed by atoms with Crippen LogP contribution in [0.3, 0.4) is 0 Å². The van der Waals surface area contributed by atoms with E-state index in [9.17, 15) is 13.7 Å². The number of allylic oxidation sites excluding steroid dienone is 2. The van der Waals surface area contributed by atoms with E-state index in [1.54, 1.807) is 30.7 Å². The molecule has 8 heteroatoms. The molecule has 0 spiro atoms. The fourth-order valence-electron chi connectivity index (χ4n) is 3.66. The highest BCUT2D eigenvalue weighted by atomic mass is 32.3. The summed E-state index contributed by atoms with van der Waals surface area (Å²) in [7, 11) is -2.00. The molecule has 31 heavy (non-hydrogen) atoms. The minimum atomic E-state index is -3.62. The first-order chi connectivity index (χ1) is 15.0. The van der Waals surface area contributed by atoms with Crippen LogP contribution in [0.4, 0.5) is 5.69 Å². The van der Waals surface area contributed by atoms with E-state index in [0.29, 0.717) is 28.5 Å². The largest absolute Gasteiger partial charge is 0.497 e. The lowest BCUT2D eigenvalue weighted by Crippen LogP contribution is -2.13. The average molecular weight is 452 g/mol. The third kappa shape index (κ3) is 3.94. The quantitative estimate of drug-likeness (QED) is 0.539. The van der Waals surface area contributed by atoms with E-state index in [1.165, 1.54) is 11.8 Å². The minimum Gasteiger partial charge on any atom is -0.497 e. The van der Waals surface area contributed by atoms with Crippen molar-refractivity contribution in [2.45, 2.75) is 19.9 Å². The smallest absolute Gasteiger partial charge is 0.267 e. The molecule has 1 aliphatic heterocycles. The first-order valence-corrected chi connectivity index (χ1v) is 12.1. The Morgan fingerprint density at radius 3 is 2.61 bits per heavy atom. The topological polar surface area (TPSA) is 84.1 Å². The van der Waals surface area contributed by atoms with Crippen LogP contribution in [0.5, 0.6) is 5.75 Å². The van der Waals surface area contributed by atoms with Crippen molar-refractivity contribution in [2.24, 2.45) is 0 Å². The number of ether oxygens (including phenoxy) is 1. The molecule has 0 saturated carbocycles. The second kappa shape index (κ2) is 8.53. The molecule has 2 aromatic carbocycles. The molecule has 0 saturated heterocycles. The molecule has 4 rings (SSSR count). The van der Waals surface area contributed by atoms with Gasteiger partial charge in [0.1, 0.15) is 16.1 Å². The number of fused-ring (bicyclic) bond motifs is 1. The van der Waals surface area contributed by atoms with Crippen molar-refractivity contribution < 1.29 is 13.2 Å². The third-order valence-corrected chi connectivity index (χ3v) is 7.95. The number of hydrogen-bond acceptors (Lipinski definition) is 5. The summed E-state index contributed by atoms with van der Waals surface area (Å²) in [5.74, 6) is 0.727. The first kappa shape index (κ1) is 21.1. The zero-order chi connectivity index (χ0) is 22.0. The van der Waals surface area contributed by atoms with E-state index in [0.717, 1.165) is 27.9 Å². The summed E-state index contributed by atoms with van der Waals surface area (Å²) in [5.41, 5.74) is 3.62. The Labute approximate surface area is 185 Å². The molecule has 1 N–H and O–H groups in total. The third-order valence-electron chi connectivity index (χ3n) is 5.08. The highest BCUT2D eigenvalue weighted by molar-refractivity contribution is 8.20. The molecule has 3 aromatic rings. The van der Waals surface area contributed by atoms with Gasteiger partial charge < -0.3 is 9.30 Å². The van der Waals surface area contributed by atoms with Gasteiger partial charge in [0.25, 0.3) is 10.0 Å². The van der Waals surface area contributed by atoms with Gasteiger partial charge in [0.05, 0.1) is 23.9 Å². The molecule has 0 aliphatic carbocycles. The van der Waals surface area contributed by atoms with Crippen LogP contribution in [-0.2, 0) is 16.6 Å². The summed E-state index contributed by atoms with van der Waals surface area (Å²) in [6.07, 6.45) is 4.20. The van der Waals surface area contributed by atoms with E-state index in [-0.39, 0.29) is 0 Å². The lowest BCUT2D eigenvalue weighted by atomic mass is 10.1. The molecule has 0 radical (unpaired) electrons. The molecule has 0 atom stereocenters. The number of anilines is 1. The van der Waals surface area contributed by atoms with Crippen LogP contribution in [0.2, 0.25) is 0 Å². The van der Waals surface area contributed by atoms with Crippen LogP contribution in [0.25, 0.3) is 22.2 Å². The summed E-state index contributed by atoms with van der Waals surface area (Å²) >= 11 is 1.19. The molecule has 2 heterocycles. The van der Waals surface area contributed by atoms with Gasteiger partial charge in [-0.25, -0.2) is 8.42 Å². The highest BCUT2D eigenvalue weighted by Gasteiger charge is 2.20. The van der Waals surface area contributed by atoms with Gasteiger partial charge in [0, 0.05) is 23.7 Å². The summed E-state index contributed by atoms with van der Waals surface area (Å²) in [4.78, 5) is 0. The van der Waals surface area contributed by atoms with E-state index in [2.05, 4.69) is 15.4 Å². The standard InChI is InChI=1S/C23H21N3O3S2/c1-3-26-21-14-18(29-2)11-12-19(21)20(15-24)23(26)16-7-9-17(10-8-16)25-31(27,28)22-6-4-5-13-30-22/h5-14,25H,3-4H2,1-2H3. The molecule has 0 bridgehead atoms. The fourth-order valence-corrected chi connectivity index (χ4v) is 5.85. The Balaban J connectivity index is 1.72. The van der Waals surface area contributed by atoms with Crippen LogP contribution in [-0.4, -0.2) is 20.1 Å². The number of methoxy groups -OCH3 is 1. The molecule has 0 fully saturated rings. The monoisotopic (exact) mass is 451 g/mol. The van der Waals surface area contributed by atoms with E-state index in [4.69, 9.17) is 4.74 Å². The van der Waals surface area contributed by atoms with Crippen molar-refractivity contribution in [2.75, 3.05) is 11.8 Å². The predicted molar refractivity (Wildman–Crippen MR) is 126 cm³/mol. The van der Waals surface area contributed by atoms with Crippen molar-refractivity contribution in [3.63, 3.8) is 0 Å². The molecule has 6 nitrogen and oxygen atoms in total. The van der Waals surface area contributed by atoms with Crippen molar-refractivity contribution in [3.05, 3.63) is 69.8 Å². The Hall–Kier alpha value is -3.15. The van der Waals surface area contributed by atoms with Gasteiger partial charge in [0.15, 0.2) is 0 Å². The number of benzene rings is 2. The summed E-state index contributed by atoms with van der Waals surface area (Å²) < 4.78 is 35.5. The van der Waals surface area contributed by atoms with Crippen LogP contribution in [0.1, 0.15) is 18.9 Å². The van der Waals surface area contributed by atoms with Crippen molar-refractivity contribution in [3.8, 4) is 23.1 Å². The van der Waals surface area contributed by atoms with Gasteiger partial charge in [-0.1, -0.05) is 36.0 Å². The van der Waals surface area contributed by atoms with E-state index >= 15 is 0 Å². The summed E-state index contributed by atoms with van der Waals surface area (Å²) in [6, 6.07) is 15.1. The predicted octanol–water partition coefficient (Wildman–Crippen LogP) is 5.44. The number of thioether (sulfide) groups is 1. The molecule has 158 valence electrons. The maximum Gasteiger partial charge on any atom is 0.267 e. The number of nitrogens with one attached hydrogen (secondary N) is 1. The number of nitrogens with zero attached hydrogens (tertiary/aromatic N) is 2. The van der Waals surface area contributed by atoms with Crippen LogP contribution in [0, 0.1) is 11.3 Å². The van der Waals surface area contributed by atoms with Crippen molar-refractivity contribution in [1.29, 1.82) is 5.26 Å². The Morgan fingerprint density at radius 2 is 2.00 bits per heavy atom. The number of sulfonamides is 1. The van der Waals surface area contributed by atoms with Gasteiger partial charge in [-0.3, -0.25) is 4.72 Å². The maximum atomic E-state index is 12.6. The Morgan fingerprint density at radius 1 is 1.23 bits per heavy atom. The Bertz CT molecular complexity index is 1350. The minimum absolute atomic E-state index is 0.297. The average Bonchev–Trinajstić information content (AvgIpc) is 3.12. The normalized spacial score (nSPS) is 13.6. The molecular weight excluding hydrogens is 430 g/mol. The number of hydrogen-bond donors (Lipinski definition) is 1. The molecule has 0 amide bonds. The molecule has 1 aliphatic rings. The maximum absolute atomic E-state index is 12.6. The van der Waals surface area contributed by atoms with E-state index < -0.39 is 10.0 Å². The van der Waals surface area contributed by atoms with Crippen LogP contribution in [0.15, 0.2) is 64.3 Å². The zero-order valence-corrected chi connectivity index (χ0v) is 18.8. The highest BCUT2D eigenvalue weighted by Crippen LogP contribution is 2.36. The second-order valence-corrected chi connectivity index (χ2v) is 9.75. The first-order valence-electron chi connectivity index (χ1n) is 9.74. The molecule has 1 aromatic heterocycles. The number of nitriles is 1. The van der Waals surface area contributed by atoms with Crippen LogP contribution < -0.4 is 9.46 Å². The summed E-state index contributed by atoms with van der Waals surface area (Å²) in [5, 5.41) is 12.5. The van der Waals surface area contributed by atoms with Gasteiger partial charge in [-0.15, -0.1) is 0 Å². The number of rotatable bonds is 6. The van der Waals surface area contributed by atoms with Gasteiger partial charge >= 0.3 is 0 Å². The summed E-state index contributed by atoms with van der Waals surface area (Å²) in [6.45, 7) is 2.70. The fraction of sp³-hybridized carbons (Fsp3) is 0.174. The SMILES string of the molecule is CCn1c(-c2ccc(NS(=O)(=O)C3=CCC=CS3)cc2)c(C#N)c2ccc(OC)cc21. The second-order valence-electron chi connectivity index (χ2n) is 6.89. The lowest BCUT2D eigenvalue weighted by molar-refractivity contribution is 0.415.